The summed E-state index contributed by atoms with van der Waals surface area (Å²) in [7, 11) is 2.09. The van der Waals surface area contributed by atoms with Crippen molar-refractivity contribution in [2.45, 2.75) is 5.92 Å². The normalized spacial score (nSPS) is 27.6. The van der Waals surface area contributed by atoms with Gasteiger partial charge < -0.3 is 19.5 Å². The quantitative estimate of drug-likeness (QED) is 0.832. The molecule has 2 aliphatic heterocycles. The largest absolute Gasteiger partial charge is 0.454 e. The van der Waals surface area contributed by atoms with Gasteiger partial charge in [0.05, 0.1) is 0 Å². The van der Waals surface area contributed by atoms with E-state index in [0.29, 0.717) is 18.6 Å². The lowest BCUT2D eigenvalue weighted by molar-refractivity contribution is 0.174. The van der Waals surface area contributed by atoms with Crippen LogP contribution in [0.3, 0.4) is 0 Å². The van der Waals surface area contributed by atoms with Crippen LogP contribution in [0.2, 0.25) is 0 Å². The molecule has 0 saturated carbocycles. The molecule has 3 rings (SSSR count). The summed E-state index contributed by atoms with van der Waals surface area (Å²) in [5.74, 6) is 2.36. The number of ether oxygens (including phenoxy) is 2. The maximum atomic E-state index is 9.43. The molecule has 2 atom stereocenters. The minimum Gasteiger partial charge on any atom is -0.454 e. The SMILES string of the molecule is CN1C[C@H](CO)[C@@H](c2ccc3c(c2)OCO3)C1. The van der Waals surface area contributed by atoms with Crippen LogP contribution < -0.4 is 9.47 Å². The van der Waals surface area contributed by atoms with E-state index in [-0.39, 0.29) is 6.61 Å². The molecule has 4 heteroatoms. The van der Waals surface area contributed by atoms with Crippen LogP contribution >= 0.6 is 0 Å². The number of hydrogen-bond donors (Lipinski definition) is 1. The van der Waals surface area contributed by atoms with Crippen LogP contribution in [-0.4, -0.2) is 43.5 Å². The third-order valence-electron chi connectivity index (χ3n) is 3.68. The molecule has 0 spiro atoms. The number of likely N-dealkylation sites (N-methyl/N-ethyl adjacent to an activating group) is 1. The summed E-state index contributed by atoms with van der Waals surface area (Å²) >= 11 is 0. The van der Waals surface area contributed by atoms with E-state index >= 15 is 0 Å². The van der Waals surface area contributed by atoms with Gasteiger partial charge in [0, 0.05) is 31.5 Å². The molecule has 92 valence electrons. The smallest absolute Gasteiger partial charge is 0.231 e. The van der Waals surface area contributed by atoms with Gasteiger partial charge in [0.2, 0.25) is 6.79 Å². The molecule has 0 aromatic heterocycles. The van der Waals surface area contributed by atoms with Crippen LogP contribution in [0.15, 0.2) is 18.2 Å². The fourth-order valence-corrected chi connectivity index (χ4v) is 2.79. The van der Waals surface area contributed by atoms with Gasteiger partial charge in [0.15, 0.2) is 11.5 Å². The summed E-state index contributed by atoms with van der Waals surface area (Å²) in [6, 6.07) is 6.10. The minimum absolute atomic E-state index is 0.240. The number of fused-ring (bicyclic) bond motifs is 1. The number of rotatable bonds is 2. The zero-order chi connectivity index (χ0) is 11.8. The molecule has 0 unspecified atom stereocenters. The molecule has 0 amide bonds. The zero-order valence-corrected chi connectivity index (χ0v) is 9.93. The molecule has 2 heterocycles. The molecule has 4 nitrogen and oxygen atoms in total. The molecule has 1 aromatic rings. The minimum atomic E-state index is 0.240. The van der Waals surface area contributed by atoms with Gasteiger partial charge in [0.25, 0.3) is 0 Å². The summed E-state index contributed by atoms with van der Waals surface area (Å²) in [5.41, 5.74) is 1.23. The molecule has 0 bridgehead atoms. The van der Waals surface area contributed by atoms with Crippen molar-refractivity contribution in [2.24, 2.45) is 5.92 Å². The number of benzene rings is 1. The number of likely N-dealkylation sites (tertiary alicyclic amines) is 1. The molecule has 17 heavy (non-hydrogen) atoms. The Morgan fingerprint density at radius 1 is 1.29 bits per heavy atom. The van der Waals surface area contributed by atoms with Crippen molar-refractivity contribution >= 4 is 0 Å². The molecule has 0 radical (unpaired) electrons. The fraction of sp³-hybridized carbons (Fsp3) is 0.538. The highest BCUT2D eigenvalue weighted by Gasteiger charge is 2.32. The van der Waals surface area contributed by atoms with Crippen LogP contribution in [0.4, 0.5) is 0 Å². The molecule has 1 N–H and O–H groups in total. The van der Waals surface area contributed by atoms with E-state index in [0.717, 1.165) is 24.6 Å². The summed E-state index contributed by atoms with van der Waals surface area (Å²) in [4.78, 5) is 2.26. The lowest BCUT2D eigenvalue weighted by Gasteiger charge is -2.16. The van der Waals surface area contributed by atoms with Crippen molar-refractivity contribution in [3.8, 4) is 11.5 Å². The van der Waals surface area contributed by atoms with Crippen LogP contribution in [0.25, 0.3) is 0 Å². The van der Waals surface area contributed by atoms with E-state index < -0.39 is 0 Å². The predicted molar refractivity (Wildman–Crippen MR) is 63.4 cm³/mol. The van der Waals surface area contributed by atoms with Crippen LogP contribution in [0.1, 0.15) is 11.5 Å². The van der Waals surface area contributed by atoms with E-state index in [1.807, 2.05) is 6.07 Å². The second kappa shape index (κ2) is 4.20. The first kappa shape index (κ1) is 10.9. The average Bonchev–Trinajstić information content (AvgIpc) is 2.93. The summed E-state index contributed by atoms with van der Waals surface area (Å²) in [5, 5.41) is 9.43. The third-order valence-corrected chi connectivity index (χ3v) is 3.68. The standard InChI is InChI=1S/C13H17NO3/c1-14-5-10(7-15)11(6-14)9-2-3-12-13(4-9)17-8-16-12/h2-4,10-11,15H,5-8H2,1H3/t10-,11-/m1/s1. The summed E-state index contributed by atoms with van der Waals surface area (Å²) in [6.45, 7) is 2.50. The maximum absolute atomic E-state index is 9.43. The Bertz CT molecular complexity index is 421. The molecular weight excluding hydrogens is 218 g/mol. The molecule has 1 fully saturated rings. The van der Waals surface area contributed by atoms with Gasteiger partial charge >= 0.3 is 0 Å². The van der Waals surface area contributed by atoms with Gasteiger partial charge in [-0.15, -0.1) is 0 Å². The fourth-order valence-electron chi connectivity index (χ4n) is 2.79. The Labute approximate surface area is 101 Å². The first-order valence-electron chi connectivity index (χ1n) is 5.97. The second-order valence-corrected chi connectivity index (χ2v) is 4.88. The van der Waals surface area contributed by atoms with E-state index in [2.05, 4.69) is 24.1 Å². The van der Waals surface area contributed by atoms with E-state index in [1.165, 1.54) is 5.56 Å². The zero-order valence-electron chi connectivity index (χ0n) is 9.93. The lowest BCUT2D eigenvalue weighted by Crippen LogP contribution is -2.15. The molecular formula is C13H17NO3. The van der Waals surface area contributed by atoms with Gasteiger partial charge in [-0.05, 0) is 24.7 Å². The maximum Gasteiger partial charge on any atom is 0.231 e. The van der Waals surface area contributed by atoms with Gasteiger partial charge in [-0.25, -0.2) is 0 Å². The van der Waals surface area contributed by atoms with Crippen LogP contribution in [0, 0.1) is 5.92 Å². The van der Waals surface area contributed by atoms with Crippen molar-refractivity contribution in [1.82, 2.24) is 4.90 Å². The Kier molecular flexibility index (Phi) is 2.68. The Hall–Kier alpha value is -1.26. The monoisotopic (exact) mass is 235 g/mol. The number of nitrogens with zero attached hydrogens (tertiary/aromatic N) is 1. The van der Waals surface area contributed by atoms with Gasteiger partial charge in [-0.2, -0.15) is 0 Å². The highest BCUT2D eigenvalue weighted by atomic mass is 16.7. The molecule has 1 aromatic carbocycles. The van der Waals surface area contributed by atoms with Crippen LogP contribution in [0.5, 0.6) is 11.5 Å². The summed E-state index contributed by atoms with van der Waals surface area (Å²) < 4.78 is 10.7. The topological polar surface area (TPSA) is 41.9 Å². The van der Waals surface area contributed by atoms with Crippen molar-refractivity contribution in [2.75, 3.05) is 33.5 Å². The highest BCUT2D eigenvalue weighted by molar-refractivity contribution is 5.45. The number of hydrogen-bond acceptors (Lipinski definition) is 4. The van der Waals surface area contributed by atoms with E-state index in [1.54, 1.807) is 0 Å². The summed E-state index contributed by atoms with van der Waals surface area (Å²) in [6.07, 6.45) is 0. The molecule has 1 saturated heterocycles. The Morgan fingerprint density at radius 2 is 2.12 bits per heavy atom. The van der Waals surface area contributed by atoms with E-state index in [4.69, 9.17) is 9.47 Å². The van der Waals surface area contributed by atoms with Gasteiger partial charge in [0.1, 0.15) is 0 Å². The van der Waals surface area contributed by atoms with Crippen molar-refractivity contribution in [3.63, 3.8) is 0 Å². The first-order valence-corrected chi connectivity index (χ1v) is 5.97. The van der Waals surface area contributed by atoms with Crippen molar-refractivity contribution < 1.29 is 14.6 Å². The lowest BCUT2D eigenvalue weighted by atomic mass is 9.89. The number of aliphatic hydroxyl groups excluding tert-OH is 1. The van der Waals surface area contributed by atoms with Crippen molar-refractivity contribution in [3.05, 3.63) is 23.8 Å². The Morgan fingerprint density at radius 3 is 2.94 bits per heavy atom. The number of aliphatic hydroxyl groups is 1. The van der Waals surface area contributed by atoms with Crippen molar-refractivity contribution in [1.29, 1.82) is 0 Å². The van der Waals surface area contributed by atoms with Crippen LogP contribution in [-0.2, 0) is 0 Å². The third kappa shape index (κ3) is 1.87. The molecule has 0 aliphatic carbocycles. The highest BCUT2D eigenvalue weighted by Crippen LogP contribution is 2.38. The van der Waals surface area contributed by atoms with Gasteiger partial charge in [-0.1, -0.05) is 6.07 Å². The second-order valence-electron chi connectivity index (χ2n) is 4.88. The first-order chi connectivity index (χ1) is 8.28. The Balaban J connectivity index is 1.88. The van der Waals surface area contributed by atoms with E-state index in [9.17, 15) is 5.11 Å². The average molecular weight is 235 g/mol. The predicted octanol–water partition coefficient (Wildman–Crippen LogP) is 1.05. The molecule has 2 aliphatic rings. The van der Waals surface area contributed by atoms with Gasteiger partial charge in [-0.3, -0.25) is 0 Å².